The molecule has 1 N–H and O–H groups in total. The van der Waals surface area contributed by atoms with Gasteiger partial charge in [-0.3, -0.25) is 14.3 Å². The van der Waals surface area contributed by atoms with Gasteiger partial charge in [0.1, 0.15) is 5.82 Å². The normalized spacial score (nSPS) is 14.6. The van der Waals surface area contributed by atoms with Crippen LogP contribution in [0, 0.1) is 12.7 Å². The number of hydrogen-bond acceptors (Lipinski definition) is 3. The van der Waals surface area contributed by atoms with E-state index in [4.69, 9.17) is 0 Å². The van der Waals surface area contributed by atoms with E-state index in [-0.39, 0.29) is 11.7 Å². The fraction of sp³-hybridized carbons (Fsp3) is 0.200. The lowest BCUT2D eigenvalue weighted by molar-refractivity contribution is 0.0965. The molecule has 25 heavy (non-hydrogen) atoms. The van der Waals surface area contributed by atoms with Gasteiger partial charge in [-0.1, -0.05) is 6.08 Å². The zero-order valence-electron chi connectivity index (χ0n) is 13.9. The number of aromatic nitrogens is 2. The van der Waals surface area contributed by atoms with Crippen molar-refractivity contribution in [2.75, 3.05) is 13.1 Å². The van der Waals surface area contributed by atoms with Gasteiger partial charge in [0.2, 0.25) is 0 Å². The number of hydrogen-bond donors (Lipinski definition) is 1. The van der Waals surface area contributed by atoms with E-state index in [1.54, 1.807) is 23.8 Å². The molecule has 5 heteroatoms. The van der Waals surface area contributed by atoms with Crippen LogP contribution < -0.4 is 5.32 Å². The number of benzene rings is 1. The Kier molecular flexibility index (Phi) is 3.93. The molecule has 3 heterocycles. The summed E-state index contributed by atoms with van der Waals surface area (Å²) < 4.78 is 15.1. The van der Waals surface area contributed by atoms with Crippen molar-refractivity contribution in [1.82, 2.24) is 14.9 Å². The number of halogens is 1. The third-order valence-electron chi connectivity index (χ3n) is 4.59. The zero-order valence-corrected chi connectivity index (χ0v) is 13.9. The Morgan fingerprint density at radius 1 is 1.32 bits per heavy atom. The molecule has 0 spiro atoms. The third kappa shape index (κ3) is 2.76. The van der Waals surface area contributed by atoms with Crippen LogP contribution in [0.15, 0.2) is 48.8 Å². The fourth-order valence-electron chi connectivity index (χ4n) is 3.25. The average molecular weight is 335 g/mol. The summed E-state index contributed by atoms with van der Waals surface area (Å²) in [6.45, 7) is 3.39. The van der Waals surface area contributed by atoms with E-state index in [0.29, 0.717) is 11.1 Å². The smallest absolute Gasteiger partial charge is 0.262 e. The molecule has 0 fully saturated rings. The Morgan fingerprint density at radius 2 is 2.20 bits per heavy atom. The van der Waals surface area contributed by atoms with Crippen molar-refractivity contribution in [3.05, 3.63) is 71.3 Å². The molecule has 0 aliphatic carbocycles. The highest BCUT2D eigenvalue weighted by Gasteiger charge is 2.19. The first-order valence-electron chi connectivity index (χ1n) is 8.32. The first-order chi connectivity index (χ1) is 12.1. The minimum atomic E-state index is -0.309. The predicted octanol–water partition coefficient (Wildman–Crippen LogP) is 3.55. The van der Waals surface area contributed by atoms with Crippen LogP contribution in [-0.2, 0) is 0 Å². The van der Waals surface area contributed by atoms with Crippen LogP contribution in [0.5, 0.6) is 0 Å². The molecule has 1 aliphatic rings. The molecular formula is C20H18FN3O. The van der Waals surface area contributed by atoms with Gasteiger partial charge in [-0.25, -0.2) is 4.39 Å². The molecule has 3 aromatic rings. The van der Waals surface area contributed by atoms with Gasteiger partial charge in [-0.2, -0.15) is 0 Å². The van der Waals surface area contributed by atoms with Gasteiger partial charge in [0, 0.05) is 30.1 Å². The van der Waals surface area contributed by atoms with Gasteiger partial charge in [-0.05, 0) is 61.4 Å². The summed E-state index contributed by atoms with van der Waals surface area (Å²) in [6.07, 6.45) is 6.64. The van der Waals surface area contributed by atoms with E-state index < -0.39 is 0 Å². The largest absolute Gasteiger partial charge is 0.313 e. The lowest BCUT2D eigenvalue weighted by Crippen LogP contribution is -2.20. The van der Waals surface area contributed by atoms with Crippen molar-refractivity contribution in [3.8, 4) is 0 Å². The Hall–Kier alpha value is -2.79. The molecule has 0 saturated heterocycles. The number of nitrogens with one attached hydrogen (secondary N) is 1. The summed E-state index contributed by atoms with van der Waals surface area (Å²) in [4.78, 5) is 17.5. The summed E-state index contributed by atoms with van der Waals surface area (Å²) in [6, 6.07) is 8.16. The second-order valence-corrected chi connectivity index (χ2v) is 6.24. The standard InChI is InChI=1S/C20H18FN3O/c1-13-11-15(4-5-17(13)21)20(25)24-12-16(14-6-9-22-10-7-14)19-18(24)3-2-8-23-19/h2-6,8,11-12,22H,7,9-10H2,1H3. The van der Waals surface area contributed by atoms with Crippen LogP contribution in [0.3, 0.4) is 0 Å². The van der Waals surface area contributed by atoms with Gasteiger partial charge in [0.25, 0.3) is 5.91 Å². The number of aryl methyl sites for hydroxylation is 1. The summed E-state index contributed by atoms with van der Waals surface area (Å²) in [5.41, 5.74) is 4.70. The number of fused-ring (bicyclic) bond motifs is 1. The summed E-state index contributed by atoms with van der Waals surface area (Å²) in [7, 11) is 0. The van der Waals surface area contributed by atoms with Crippen LogP contribution >= 0.6 is 0 Å². The molecule has 0 radical (unpaired) electrons. The highest BCUT2D eigenvalue weighted by atomic mass is 19.1. The first kappa shape index (κ1) is 15.7. The minimum absolute atomic E-state index is 0.179. The zero-order chi connectivity index (χ0) is 17.4. The highest BCUT2D eigenvalue weighted by molar-refractivity contribution is 6.04. The SMILES string of the molecule is Cc1cc(C(=O)n2cc(C3=CCNCC3)c3ncccc32)ccc1F. The van der Waals surface area contributed by atoms with Crippen LogP contribution in [0.25, 0.3) is 16.6 Å². The van der Waals surface area contributed by atoms with Gasteiger partial charge in [-0.15, -0.1) is 0 Å². The average Bonchev–Trinajstić information content (AvgIpc) is 3.04. The van der Waals surface area contributed by atoms with Crippen LogP contribution in [0.1, 0.15) is 27.9 Å². The molecule has 0 amide bonds. The monoisotopic (exact) mass is 335 g/mol. The number of nitrogens with zero attached hydrogens (tertiary/aromatic N) is 2. The molecular weight excluding hydrogens is 317 g/mol. The van der Waals surface area contributed by atoms with Gasteiger partial charge in [0.05, 0.1) is 11.0 Å². The second-order valence-electron chi connectivity index (χ2n) is 6.24. The molecule has 4 rings (SSSR count). The molecule has 0 unspecified atom stereocenters. The third-order valence-corrected chi connectivity index (χ3v) is 4.59. The molecule has 1 aliphatic heterocycles. The number of carbonyl (C=O) groups is 1. The maximum atomic E-state index is 13.5. The molecule has 1 aromatic carbocycles. The molecule has 2 aromatic heterocycles. The van der Waals surface area contributed by atoms with Crippen molar-refractivity contribution in [3.63, 3.8) is 0 Å². The Balaban J connectivity index is 1.85. The van der Waals surface area contributed by atoms with Gasteiger partial charge >= 0.3 is 0 Å². The van der Waals surface area contributed by atoms with Gasteiger partial charge in [0.15, 0.2) is 0 Å². The van der Waals surface area contributed by atoms with Crippen molar-refractivity contribution in [2.45, 2.75) is 13.3 Å². The molecule has 126 valence electrons. The summed E-state index contributed by atoms with van der Waals surface area (Å²) in [5, 5.41) is 3.29. The van der Waals surface area contributed by atoms with Crippen molar-refractivity contribution in [1.29, 1.82) is 0 Å². The Morgan fingerprint density at radius 3 is 2.96 bits per heavy atom. The van der Waals surface area contributed by atoms with Crippen LogP contribution in [-0.4, -0.2) is 28.5 Å². The Labute approximate surface area is 145 Å². The molecule has 0 saturated carbocycles. The van der Waals surface area contributed by atoms with Crippen molar-refractivity contribution < 1.29 is 9.18 Å². The molecule has 0 bridgehead atoms. The second kappa shape index (κ2) is 6.26. The van der Waals surface area contributed by atoms with Crippen LogP contribution in [0.4, 0.5) is 4.39 Å². The van der Waals surface area contributed by atoms with E-state index in [2.05, 4.69) is 16.4 Å². The first-order valence-corrected chi connectivity index (χ1v) is 8.32. The van der Waals surface area contributed by atoms with E-state index >= 15 is 0 Å². The topological polar surface area (TPSA) is 46.9 Å². The van der Waals surface area contributed by atoms with E-state index in [1.165, 1.54) is 17.7 Å². The van der Waals surface area contributed by atoms with E-state index in [9.17, 15) is 9.18 Å². The van der Waals surface area contributed by atoms with Gasteiger partial charge < -0.3 is 5.32 Å². The lowest BCUT2D eigenvalue weighted by Gasteiger charge is -2.12. The minimum Gasteiger partial charge on any atom is -0.313 e. The number of rotatable bonds is 2. The molecule has 0 atom stereocenters. The van der Waals surface area contributed by atoms with E-state index in [1.807, 2.05) is 18.3 Å². The fourth-order valence-corrected chi connectivity index (χ4v) is 3.25. The Bertz CT molecular complexity index is 1000. The quantitative estimate of drug-likeness (QED) is 0.779. The number of carbonyl (C=O) groups excluding carboxylic acids is 1. The maximum Gasteiger partial charge on any atom is 0.262 e. The van der Waals surface area contributed by atoms with Crippen molar-refractivity contribution in [2.24, 2.45) is 0 Å². The predicted molar refractivity (Wildman–Crippen MR) is 96.1 cm³/mol. The number of pyridine rings is 1. The van der Waals surface area contributed by atoms with Crippen molar-refractivity contribution >= 4 is 22.5 Å². The lowest BCUT2D eigenvalue weighted by atomic mass is 10.0. The van der Waals surface area contributed by atoms with Crippen LogP contribution in [0.2, 0.25) is 0 Å². The molecule has 4 nitrogen and oxygen atoms in total. The van der Waals surface area contributed by atoms with E-state index in [0.717, 1.165) is 36.1 Å². The summed E-state index contributed by atoms with van der Waals surface area (Å²) in [5.74, 6) is -0.488. The maximum absolute atomic E-state index is 13.5. The highest BCUT2D eigenvalue weighted by Crippen LogP contribution is 2.29. The summed E-state index contributed by atoms with van der Waals surface area (Å²) >= 11 is 0.